The number of aliphatic hydroxyl groups is 1. The summed E-state index contributed by atoms with van der Waals surface area (Å²) in [6.45, 7) is 6.39. The summed E-state index contributed by atoms with van der Waals surface area (Å²) >= 11 is 6.33. The second-order valence-electron chi connectivity index (χ2n) is 10.1. The molecule has 0 bridgehead atoms. The maximum atomic E-state index is 14.1. The molecule has 2 heterocycles. The van der Waals surface area contributed by atoms with E-state index in [-0.39, 0.29) is 30.1 Å². The zero-order valence-corrected chi connectivity index (χ0v) is 21.5. The molecule has 1 atom stereocenters. The molecule has 1 N–H and O–H groups in total. The Labute approximate surface area is 212 Å². The lowest BCUT2D eigenvalue weighted by atomic mass is 9.90. The predicted molar refractivity (Wildman–Crippen MR) is 139 cm³/mol. The van der Waals surface area contributed by atoms with Gasteiger partial charge < -0.3 is 19.3 Å². The number of aromatic nitrogens is 1. The van der Waals surface area contributed by atoms with E-state index in [1.807, 2.05) is 36.4 Å². The summed E-state index contributed by atoms with van der Waals surface area (Å²) < 4.78 is 7.99. The van der Waals surface area contributed by atoms with Crippen molar-refractivity contribution in [3.63, 3.8) is 0 Å². The minimum absolute atomic E-state index is 0.0660. The molecule has 184 valence electrons. The van der Waals surface area contributed by atoms with Crippen LogP contribution in [0.15, 0.2) is 48.5 Å². The number of amides is 1. The topological polar surface area (TPSA) is 54.7 Å². The van der Waals surface area contributed by atoms with E-state index in [4.69, 9.17) is 16.3 Å². The lowest BCUT2D eigenvalue weighted by Gasteiger charge is -2.38. The highest BCUT2D eigenvalue weighted by Gasteiger charge is 2.46. The van der Waals surface area contributed by atoms with Crippen LogP contribution in [0.4, 0.5) is 0 Å². The van der Waals surface area contributed by atoms with E-state index in [0.717, 1.165) is 65.1 Å². The molecule has 35 heavy (non-hydrogen) atoms. The van der Waals surface area contributed by atoms with Crippen molar-refractivity contribution in [1.29, 1.82) is 0 Å². The van der Waals surface area contributed by atoms with Gasteiger partial charge in [-0.3, -0.25) is 4.79 Å². The van der Waals surface area contributed by atoms with E-state index in [0.29, 0.717) is 5.02 Å². The Morgan fingerprint density at radius 2 is 1.74 bits per heavy atom. The number of para-hydroxylation sites is 1. The van der Waals surface area contributed by atoms with Gasteiger partial charge in [0.25, 0.3) is 5.91 Å². The molecule has 0 saturated heterocycles. The number of nitrogens with zero attached hydrogens (tertiary/aromatic N) is 2. The molecule has 2 aromatic carbocycles. The molecular formula is C29H33ClN2O3. The Hall–Kier alpha value is -2.76. The second kappa shape index (κ2) is 9.36. The van der Waals surface area contributed by atoms with Gasteiger partial charge in [0.05, 0.1) is 36.2 Å². The monoisotopic (exact) mass is 492 g/mol. The minimum atomic E-state index is -0.274. The predicted octanol–water partition coefficient (Wildman–Crippen LogP) is 6.56. The van der Waals surface area contributed by atoms with E-state index in [9.17, 15) is 9.90 Å². The molecule has 1 aliphatic carbocycles. The summed E-state index contributed by atoms with van der Waals surface area (Å²) in [6, 6.07) is 16.0. The number of carbonyl (C=O) groups is 1. The molecule has 1 fully saturated rings. The van der Waals surface area contributed by atoms with Gasteiger partial charge in [-0.25, -0.2) is 0 Å². The number of ether oxygens (including phenoxy) is 1. The summed E-state index contributed by atoms with van der Waals surface area (Å²) in [4.78, 5) is 16.2. The third kappa shape index (κ3) is 4.05. The smallest absolute Gasteiger partial charge is 0.256 e. The van der Waals surface area contributed by atoms with Gasteiger partial charge in [-0.2, -0.15) is 0 Å². The number of rotatable bonds is 5. The van der Waals surface area contributed by atoms with Crippen LogP contribution >= 0.6 is 11.6 Å². The summed E-state index contributed by atoms with van der Waals surface area (Å²) in [5, 5.41) is 10.8. The molecule has 1 saturated carbocycles. The van der Waals surface area contributed by atoms with Crippen LogP contribution in [-0.4, -0.2) is 39.7 Å². The number of fused-ring (bicyclic) bond motifs is 1. The first-order valence-corrected chi connectivity index (χ1v) is 12.8. The zero-order chi connectivity index (χ0) is 24.9. The Morgan fingerprint density at radius 3 is 2.40 bits per heavy atom. The van der Waals surface area contributed by atoms with Crippen molar-refractivity contribution in [2.45, 2.75) is 70.7 Å². The molecule has 0 spiro atoms. The summed E-state index contributed by atoms with van der Waals surface area (Å²) in [5.74, 6) is 0.853. The number of carbonyl (C=O) groups excluding carboxylic acids is 1. The second-order valence-corrected chi connectivity index (χ2v) is 10.5. The van der Waals surface area contributed by atoms with Crippen LogP contribution in [0.25, 0.3) is 11.3 Å². The highest BCUT2D eigenvalue weighted by atomic mass is 35.5. The van der Waals surface area contributed by atoms with Crippen molar-refractivity contribution in [3.05, 3.63) is 75.9 Å². The standard InChI is InChI=1S/C29H33ClN2O3/c1-17(2)31-25(23-7-5-6-8-26(23)35-4)16-24-28(31)27(22-14-9-19(30)15-18(22)3)32(29(24)34)20-10-12-21(33)13-11-20/h5-9,14-17,20-21,27,33H,10-13H2,1-4H3/t20-,21-,27?. The molecular weight excluding hydrogens is 460 g/mol. The number of hydrogen-bond acceptors (Lipinski definition) is 3. The number of aryl methyl sites for hydroxylation is 1. The number of hydrogen-bond donors (Lipinski definition) is 1. The first-order valence-electron chi connectivity index (χ1n) is 12.5. The van der Waals surface area contributed by atoms with Crippen LogP contribution in [0.3, 0.4) is 0 Å². The molecule has 1 amide bonds. The van der Waals surface area contributed by atoms with Crippen LogP contribution in [0.5, 0.6) is 5.75 Å². The highest BCUT2D eigenvalue weighted by Crippen LogP contribution is 2.48. The van der Waals surface area contributed by atoms with Gasteiger partial charge in [0.2, 0.25) is 0 Å². The third-order valence-electron chi connectivity index (χ3n) is 7.56. The normalized spacial score (nSPS) is 22.1. The van der Waals surface area contributed by atoms with Gasteiger partial charge in [0.15, 0.2) is 0 Å². The molecule has 5 nitrogen and oxygen atoms in total. The molecule has 1 aliphatic heterocycles. The van der Waals surface area contributed by atoms with Gasteiger partial charge in [-0.05, 0) is 87.9 Å². The van der Waals surface area contributed by atoms with Crippen LogP contribution in [0.2, 0.25) is 5.02 Å². The number of benzene rings is 2. The van der Waals surface area contributed by atoms with Crippen LogP contribution in [0.1, 0.15) is 78.8 Å². The fourth-order valence-electron chi connectivity index (χ4n) is 5.95. The first kappa shape index (κ1) is 24.0. The summed E-state index contributed by atoms with van der Waals surface area (Å²) in [5.41, 5.74) is 5.92. The van der Waals surface area contributed by atoms with E-state index in [1.54, 1.807) is 7.11 Å². The average Bonchev–Trinajstić information content (AvgIpc) is 3.35. The molecule has 2 aliphatic rings. The van der Waals surface area contributed by atoms with Gasteiger partial charge >= 0.3 is 0 Å². The third-order valence-corrected chi connectivity index (χ3v) is 7.80. The van der Waals surface area contributed by atoms with Gasteiger partial charge in [0, 0.05) is 22.7 Å². The molecule has 1 unspecified atom stereocenters. The number of aliphatic hydroxyl groups excluding tert-OH is 1. The van der Waals surface area contributed by atoms with Crippen LogP contribution < -0.4 is 4.74 Å². The Balaban J connectivity index is 1.73. The fraction of sp³-hybridized carbons (Fsp3) is 0.414. The van der Waals surface area contributed by atoms with Crippen molar-refractivity contribution < 1.29 is 14.6 Å². The number of halogens is 1. The van der Waals surface area contributed by atoms with E-state index in [2.05, 4.69) is 42.4 Å². The number of methoxy groups -OCH3 is 1. The maximum Gasteiger partial charge on any atom is 0.256 e. The van der Waals surface area contributed by atoms with Crippen molar-refractivity contribution >= 4 is 17.5 Å². The molecule has 3 aromatic rings. The maximum absolute atomic E-state index is 14.1. The lowest BCUT2D eigenvalue weighted by Crippen LogP contribution is -2.42. The quantitative estimate of drug-likeness (QED) is 0.439. The molecule has 1 aromatic heterocycles. The molecule has 5 rings (SSSR count). The fourth-order valence-corrected chi connectivity index (χ4v) is 6.18. The van der Waals surface area contributed by atoms with Gasteiger partial charge in [-0.1, -0.05) is 29.8 Å². The van der Waals surface area contributed by atoms with Gasteiger partial charge in [0.1, 0.15) is 5.75 Å². The Morgan fingerprint density at radius 1 is 1.03 bits per heavy atom. The first-order chi connectivity index (χ1) is 16.8. The van der Waals surface area contributed by atoms with Crippen molar-refractivity contribution in [2.24, 2.45) is 0 Å². The van der Waals surface area contributed by atoms with Crippen molar-refractivity contribution in [3.8, 4) is 17.0 Å². The largest absolute Gasteiger partial charge is 0.496 e. The Bertz CT molecular complexity index is 1260. The minimum Gasteiger partial charge on any atom is -0.496 e. The van der Waals surface area contributed by atoms with Crippen molar-refractivity contribution in [1.82, 2.24) is 9.47 Å². The SMILES string of the molecule is COc1ccccc1-c1cc2c(n1C(C)C)C(c1ccc(Cl)cc1C)N([C@H]1CC[C@H](O)CC1)C2=O. The average molecular weight is 493 g/mol. The van der Waals surface area contributed by atoms with Crippen molar-refractivity contribution in [2.75, 3.05) is 7.11 Å². The summed E-state index contributed by atoms with van der Waals surface area (Å²) in [7, 11) is 1.68. The van der Waals surface area contributed by atoms with E-state index < -0.39 is 0 Å². The highest BCUT2D eigenvalue weighted by molar-refractivity contribution is 6.30. The molecule has 0 radical (unpaired) electrons. The lowest BCUT2D eigenvalue weighted by molar-refractivity contribution is 0.0457. The van der Waals surface area contributed by atoms with Gasteiger partial charge in [-0.15, -0.1) is 0 Å². The molecule has 6 heteroatoms. The van der Waals surface area contributed by atoms with E-state index >= 15 is 0 Å². The van der Waals surface area contributed by atoms with Crippen LogP contribution in [-0.2, 0) is 0 Å². The Kier molecular flexibility index (Phi) is 6.41. The van der Waals surface area contributed by atoms with Crippen LogP contribution in [0, 0.1) is 6.92 Å². The van der Waals surface area contributed by atoms with E-state index in [1.165, 1.54) is 0 Å². The zero-order valence-electron chi connectivity index (χ0n) is 20.8. The summed E-state index contributed by atoms with van der Waals surface area (Å²) in [6.07, 6.45) is 2.79.